The topological polar surface area (TPSA) is 29.5 Å². The first-order valence-electron chi connectivity index (χ1n) is 5.79. The highest BCUT2D eigenvalue weighted by Gasteiger charge is 1.99. The van der Waals surface area contributed by atoms with Crippen molar-refractivity contribution in [2.24, 2.45) is 5.92 Å². The molecule has 0 fully saturated rings. The molecule has 0 aliphatic rings. The summed E-state index contributed by atoms with van der Waals surface area (Å²) in [6.45, 7) is 3.05. The Morgan fingerprint density at radius 2 is 2.06 bits per heavy atom. The minimum absolute atomic E-state index is 0.272. The maximum absolute atomic E-state index is 8.86. The summed E-state index contributed by atoms with van der Waals surface area (Å²) in [5.74, 6) is 3.33. The van der Waals surface area contributed by atoms with Crippen LogP contribution in [0.1, 0.15) is 13.3 Å². The van der Waals surface area contributed by atoms with Crippen LogP contribution in [0.5, 0.6) is 5.75 Å². The largest absolute Gasteiger partial charge is 0.494 e. The lowest BCUT2D eigenvalue weighted by Gasteiger charge is -2.08. The minimum Gasteiger partial charge on any atom is -0.494 e. The van der Waals surface area contributed by atoms with E-state index in [0.29, 0.717) is 5.92 Å². The third-order valence-electron chi connectivity index (χ3n) is 2.23. The fraction of sp³-hybridized carbons (Fsp3) is 0.538. The molecule has 0 heterocycles. The van der Waals surface area contributed by atoms with Crippen LogP contribution in [0.25, 0.3) is 0 Å². The van der Waals surface area contributed by atoms with Gasteiger partial charge in [0.25, 0.3) is 0 Å². The Morgan fingerprint density at radius 3 is 2.71 bits per heavy atom. The lowest BCUT2D eigenvalue weighted by molar-refractivity contribution is 0.250. The molecule has 1 N–H and O–H groups in total. The number of thioether (sulfide) groups is 1. The molecule has 1 unspecified atom stereocenters. The van der Waals surface area contributed by atoms with Gasteiger partial charge >= 0.3 is 0 Å². The summed E-state index contributed by atoms with van der Waals surface area (Å²) >= 11 is 7.64. The predicted molar refractivity (Wildman–Crippen MR) is 75.1 cm³/mol. The van der Waals surface area contributed by atoms with Crippen molar-refractivity contribution in [1.29, 1.82) is 0 Å². The normalized spacial score (nSPS) is 12.4. The van der Waals surface area contributed by atoms with Crippen molar-refractivity contribution in [3.05, 3.63) is 29.3 Å². The first-order valence-corrected chi connectivity index (χ1v) is 7.32. The molecule has 1 atom stereocenters. The smallest absolute Gasteiger partial charge is 0.119 e. The number of aliphatic hydroxyl groups excluding tert-OH is 1. The van der Waals surface area contributed by atoms with Crippen LogP contribution in [-0.4, -0.2) is 29.8 Å². The van der Waals surface area contributed by atoms with E-state index in [2.05, 4.69) is 6.92 Å². The average Bonchev–Trinajstić information content (AvgIpc) is 2.35. The van der Waals surface area contributed by atoms with Gasteiger partial charge in [-0.1, -0.05) is 18.5 Å². The number of ether oxygens (including phenoxy) is 1. The van der Waals surface area contributed by atoms with Gasteiger partial charge in [-0.25, -0.2) is 0 Å². The Hall–Kier alpha value is -0.380. The second kappa shape index (κ2) is 8.67. The summed E-state index contributed by atoms with van der Waals surface area (Å²) in [6.07, 6.45) is 1.02. The molecule has 0 aliphatic carbocycles. The van der Waals surface area contributed by atoms with E-state index in [1.807, 2.05) is 36.0 Å². The van der Waals surface area contributed by atoms with Crippen molar-refractivity contribution >= 4 is 23.4 Å². The highest BCUT2D eigenvalue weighted by atomic mass is 35.5. The number of hydrogen-bond acceptors (Lipinski definition) is 3. The van der Waals surface area contributed by atoms with E-state index in [4.69, 9.17) is 21.4 Å². The molecule has 1 aromatic carbocycles. The summed E-state index contributed by atoms with van der Waals surface area (Å²) in [7, 11) is 0. The van der Waals surface area contributed by atoms with Gasteiger partial charge in [0.05, 0.1) is 6.61 Å². The van der Waals surface area contributed by atoms with Crippen LogP contribution in [0.2, 0.25) is 5.02 Å². The van der Waals surface area contributed by atoms with Gasteiger partial charge in [0.15, 0.2) is 0 Å². The van der Waals surface area contributed by atoms with Gasteiger partial charge in [0, 0.05) is 11.6 Å². The lowest BCUT2D eigenvalue weighted by Crippen LogP contribution is -2.05. The van der Waals surface area contributed by atoms with Crippen LogP contribution in [-0.2, 0) is 0 Å². The fourth-order valence-electron chi connectivity index (χ4n) is 1.22. The molecule has 0 bridgehead atoms. The zero-order chi connectivity index (χ0) is 12.5. The molecule has 4 heteroatoms. The standard InChI is InChI=1S/C13H19ClO2S/c1-11(9-15)10-17-8-2-7-16-13-5-3-12(14)4-6-13/h3-6,11,15H,2,7-10H2,1H3. The van der Waals surface area contributed by atoms with E-state index in [-0.39, 0.29) is 6.61 Å². The Labute approximate surface area is 112 Å². The number of halogens is 1. The van der Waals surface area contributed by atoms with Gasteiger partial charge < -0.3 is 9.84 Å². The van der Waals surface area contributed by atoms with E-state index in [0.717, 1.165) is 35.3 Å². The zero-order valence-corrected chi connectivity index (χ0v) is 11.6. The maximum atomic E-state index is 8.86. The van der Waals surface area contributed by atoms with Crippen LogP contribution >= 0.6 is 23.4 Å². The Morgan fingerprint density at radius 1 is 1.35 bits per heavy atom. The number of benzene rings is 1. The Balaban J connectivity index is 2.02. The molecular weight excluding hydrogens is 256 g/mol. The number of aliphatic hydroxyl groups is 1. The van der Waals surface area contributed by atoms with Gasteiger partial charge in [-0.05, 0) is 48.1 Å². The quantitative estimate of drug-likeness (QED) is 0.736. The van der Waals surface area contributed by atoms with E-state index < -0.39 is 0 Å². The lowest BCUT2D eigenvalue weighted by atomic mass is 10.2. The van der Waals surface area contributed by atoms with E-state index >= 15 is 0 Å². The summed E-state index contributed by atoms with van der Waals surface area (Å²) < 4.78 is 5.57. The first-order chi connectivity index (χ1) is 8.22. The highest BCUT2D eigenvalue weighted by molar-refractivity contribution is 7.99. The second-order valence-corrected chi connectivity index (χ2v) is 5.60. The van der Waals surface area contributed by atoms with Gasteiger partial charge in [0.1, 0.15) is 5.75 Å². The molecule has 1 aromatic rings. The molecule has 0 saturated heterocycles. The van der Waals surface area contributed by atoms with Crippen molar-refractivity contribution in [3.8, 4) is 5.75 Å². The molecule has 0 radical (unpaired) electrons. The number of rotatable bonds is 8. The second-order valence-electron chi connectivity index (χ2n) is 4.02. The highest BCUT2D eigenvalue weighted by Crippen LogP contribution is 2.16. The van der Waals surface area contributed by atoms with E-state index in [1.54, 1.807) is 0 Å². The van der Waals surface area contributed by atoms with Gasteiger partial charge in [-0.15, -0.1) is 0 Å². The van der Waals surface area contributed by atoms with Crippen molar-refractivity contribution in [1.82, 2.24) is 0 Å². The van der Waals surface area contributed by atoms with E-state index in [9.17, 15) is 0 Å². The van der Waals surface area contributed by atoms with Crippen molar-refractivity contribution < 1.29 is 9.84 Å². The molecule has 2 nitrogen and oxygen atoms in total. The van der Waals surface area contributed by atoms with E-state index in [1.165, 1.54) is 0 Å². The van der Waals surface area contributed by atoms with Crippen LogP contribution in [0.15, 0.2) is 24.3 Å². The molecule has 0 aliphatic heterocycles. The Bertz CT molecular complexity index is 303. The summed E-state index contributed by atoms with van der Waals surface area (Å²) in [5, 5.41) is 9.59. The van der Waals surface area contributed by atoms with Crippen LogP contribution in [0, 0.1) is 5.92 Å². The van der Waals surface area contributed by atoms with Crippen molar-refractivity contribution in [3.63, 3.8) is 0 Å². The molecule has 17 heavy (non-hydrogen) atoms. The summed E-state index contributed by atoms with van der Waals surface area (Å²) in [6, 6.07) is 7.41. The fourth-order valence-corrected chi connectivity index (χ4v) is 2.34. The maximum Gasteiger partial charge on any atom is 0.119 e. The van der Waals surface area contributed by atoms with Gasteiger partial charge in [-0.3, -0.25) is 0 Å². The molecule has 1 rings (SSSR count). The van der Waals surface area contributed by atoms with Crippen molar-refractivity contribution in [2.45, 2.75) is 13.3 Å². The molecule has 0 spiro atoms. The predicted octanol–water partition coefficient (Wildman–Crippen LogP) is 3.47. The molecule has 96 valence electrons. The monoisotopic (exact) mass is 274 g/mol. The molecular formula is C13H19ClO2S. The first kappa shape index (κ1) is 14.7. The van der Waals surface area contributed by atoms with Gasteiger partial charge in [0.2, 0.25) is 0 Å². The van der Waals surface area contributed by atoms with Crippen LogP contribution < -0.4 is 4.74 Å². The third kappa shape index (κ3) is 6.81. The molecule has 0 amide bonds. The average molecular weight is 275 g/mol. The van der Waals surface area contributed by atoms with Crippen molar-refractivity contribution in [2.75, 3.05) is 24.7 Å². The van der Waals surface area contributed by atoms with Crippen LogP contribution in [0.4, 0.5) is 0 Å². The SMILES string of the molecule is CC(CO)CSCCCOc1ccc(Cl)cc1. The summed E-state index contributed by atoms with van der Waals surface area (Å²) in [5.41, 5.74) is 0. The summed E-state index contributed by atoms with van der Waals surface area (Å²) in [4.78, 5) is 0. The Kier molecular flexibility index (Phi) is 7.49. The third-order valence-corrected chi connectivity index (χ3v) is 3.86. The molecule has 0 aromatic heterocycles. The zero-order valence-electron chi connectivity index (χ0n) is 10.1. The molecule has 0 saturated carbocycles. The number of hydrogen-bond donors (Lipinski definition) is 1. The van der Waals surface area contributed by atoms with Gasteiger partial charge in [-0.2, -0.15) is 11.8 Å². The van der Waals surface area contributed by atoms with Crippen LogP contribution in [0.3, 0.4) is 0 Å². The minimum atomic E-state index is 0.272.